The van der Waals surface area contributed by atoms with E-state index < -0.39 is 24.4 Å². The monoisotopic (exact) mass is 386 g/mol. The summed E-state index contributed by atoms with van der Waals surface area (Å²) in [6, 6.07) is 11.3. The Bertz CT molecular complexity index is 881. The van der Waals surface area contributed by atoms with Crippen LogP contribution in [-0.4, -0.2) is 55.1 Å². The molecule has 2 N–H and O–H groups in total. The molecule has 148 valence electrons. The molecule has 8 heteroatoms. The number of nitrogens with one attached hydrogen (secondary N) is 1. The minimum atomic E-state index is -0.819. The van der Waals surface area contributed by atoms with Gasteiger partial charge in [-0.25, -0.2) is 4.79 Å². The molecule has 2 aromatic carbocycles. The summed E-state index contributed by atoms with van der Waals surface area (Å²) in [7, 11) is 2.94. The second-order valence-corrected chi connectivity index (χ2v) is 6.13. The lowest BCUT2D eigenvalue weighted by atomic mass is 10.1. The standard InChI is InChI=1S/C20H22N2O6/c1-13-7-8-16(17(23)9-13)20(26)28-12-19(25)22(2)11-18(24)21-14-5-4-6-15(10-14)27-3/h4-10,23H,11-12H2,1-3H3,(H,21,24). The predicted molar refractivity (Wildman–Crippen MR) is 102 cm³/mol. The fourth-order valence-corrected chi connectivity index (χ4v) is 2.33. The van der Waals surface area contributed by atoms with E-state index in [1.807, 2.05) is 0 Å². The normalized spacial score (nSPS) is 10.1. The molecule has 2 aromatic rings. The van der Waals surface area contributed by atoms with Crippen LogP contribution in [0.25, 0.3) is 0 Å². The molecule has 8 nitrogen and oxygen atoms in total. The number of phenolic OH excluding ortho intramolecular Hbond substituents is 1. The van der Waals surface area contributed by atoms with Crippen molar-refractivity contribution in [3.63, 3.8) is 0 Å². The zero-order valence-corrected chi connectivity index (χ0v) is 15.9. The first-order valence-corrected chi connectivity index (χ1v) is 8.44. The Labute approximate surface area is 162 Å². The molecule has 0 aliphatic heterocycles. The summed E-state index contributed by atoms with van der Waals surface area (Å²) in [4.78, 5) is 37.3. The molecule has 0 aliphatic rings. The maximum Gasteiger partial charge on any atom is 0.342 e. The second kappa shape index (κ2) is 9.40. The van der Waals surface area contributed by atoms with Gasteiger partial charge in [-0.15, -0.1) is 0 Å². The van der Waals surface area contributed by atoms with Gasteiger partial charge in [0.15, 0.2) is 6.61 Å². The Morgan fingerprint density at radius 1 is 1.14 bits per heavy atom. The number of ether oxygens (including phenoxy) is 2. The highest BCUT2D eigenvalue weighted by Crippen LogP contribution is 2.19. The smallest absolute Gasteiger partial charge is 0.342 e. The van der Waals surface area contributed by atoms with Crippen molar-refractivity contribution in [2.24, 2.45) is 0 Å². The quantitative estimate of drug-likeness (QED) is 0.705. The third kappa shape index (κ3) is 5.73. The molecule has 0 aromatic heterocycles. The number of hydrogen-bond acceptors (Lipinski definition) is 6. The van der Waals surface area contributed by atoms with Crippen molar-refractivity contribution in [1.29, 1.82) is 0 Å². The van der Waals surface area contributed by atoms with Gasteiger partial charge in [0.2, 0.25) is 5.91 Å². The van der Waals surface area contributed by atoms with Gasteiger partial charge in [0, 0.05) is 18.8 Å². The van der Waals surface area contributed by atoms with Gasteiger partial charge in [-0.2, -0.15) is 0 Å². The van der Waals surface area contributed by atoms with Gasteiger partial charge in [0.25, 0.3) is 5.91 Å². The Balaban J connectivity index is 1.84. The average Bonchev–Trinajstić information content (AvgIpc) is 2.65. The Morgan fingerprint density at radius 2 is 1.89 bits per heavy atom. The lowest BCUT2D eigenvalue weighted by Crippen LogP contribution is -2.37. The summed E-state index contributed by atoms with van der Waals surface area (Å²) in [5, 5.41) is 12.4. The minimum Gasteiger partial charge on any atom is -0.507 e. The molecular weight excluding hydrogens is 364 g/mol. The molecule has 0 bridgehead atoms. The number of aryl methyl sites for hydroxylation is 1. The molecule has 2 amide bonds. The number of methoxy groups -OCH3 is 1. The molecule has 0 radical (unpaired) electrons. The highest BCUT2D eigenvalue weighted by molar-refractivity contribution is 5.96. The SMILES string of the molecule is COc1cccc(NC(=O)CN(C)C(=O)COC(=O)c2ccc(C)cc2O)c1. The van der Waals surface area contributed by atoms with Crippen molar-refractivity contribution < 1.29 is 29.0 Å². The largest absolute Gasteiger partial charge is 0.507 e. The number of nitrogens with zero attached hydrogens (tertiary/aromatic N) is 1. The molecule has 0 atom stereocenters. The van der Waals surface area contributed by atoms with E-state index in [1.165, 1.54) is 26.3 Å². The summed E-state index contributed by atoms with van der Waals surface area (Å²) >= 11 is 0. The highest BCUT2D eigenvalue weighted by Gasteiger charge is 2.18. The Kier molecular flexibility index (Phi) is 6.97. The number of carbonyl (C=O) groups is 3. The summed E-state index contributed by atoms with van der Waals surface area (Å²) < 4.78 is 10.0. The van der Waals surface area contributed by atoms with Crippen LogP contribution >= 0.6 is 0 Å². The highest BCUT2D eigenvalue weighted by atomic mass is 16.5. The third-order valence-corrected chi connectivity index (χ3v) is 3.86. The number of carbonyl (C=O) groups excluding carboxylic acids is 3. The second-order valence-electron chi connectivity index (χ2n) is 6.13. The molecule has 0 saturated heterocycles. The first kappa shape index (κ1) is 20.8. The molecule has 0 fully saturated rings. The van der Waals surface area contributed by atoms with Crippen LogP contribution in [0.1, 0.15) is 15.9 Å². The number of phenols is 1. The van der Waals surface area contributed by atoms with Crippen LogP contribution in [0.4, 0.5) is 5.69 Å². The van der Waals surface area contributed by atoms with Gasteiger partial charge in [0.05, 0.1) is 13.7 Å². The summed E-state index contributed by atoms with van der Waals surface area (Å²) in [5.74, 6) is -1.41. The first-order valence-electron chi connectivity index (χ1n) is 8.44. The van der Waals surface area contributed by atoms with E-state index in [2.05, 4.69) is 5.32 Å². The Morgan fingerprint density at radius 3 is 2.57 bits per heavy atom. The van der Waals surface area contributed by atoms with Gasteiger partial charge in [-0.3, -0.25) is 9.59 Å². The van der Waals surface area contributed by atoms with Crippen LogP contribution in [0.2, 0.25) is 0 Å². The van der Waals surface area contributed by atoms with Crippen molar-refractivity contribution in [2.75, 3.05) is 32.6 Å². The molecular formula is C20H22N2O6. The zero-order valence-electron chi connectivity index (χ0n) is 15.9. The maximum absolute atomic E-state index is 12.1. The number of aromatic hydroxyl groups is 1. The zero-order chi connectivity index (χ0) is 20.7. The van der Waals surface area contributed by atoms with Crippen LogP contribution in [0.5, 0.6) is 11.5 Å². The van der Waals surface area contributed by atoms with Gasteiger partial charge in [-0.1, -0.05) is 12.1 Å². The molecule has 2 rings (SSSR count). The van der Waals surface area contributed by atoms with Crippen LogP contribution in [0.15, 0.2) is 42.5 Å². The third-order valence-electron chi connectivity index (χ3n) is 3.86. The maximum atomic E-state index is 12.1. The fraction of sp³-hybridized carbons (Fsp3) is 0.250. The molecule has 0 aliphatic carbocycles. The predicted octanol–water partition coefficient (Wildman–Crippen LogP) is 1.96. The van der Waals surface area contributed by atoms with Crippen molar-refractivity contribution in [1.82, 2.24) is 4.90 Å². The number of benzene rings is 2. The van der Waals surface area contributed by atoms with Crippen LogP contribution in [0, 0.1) is 6.92 Å². The first-order chi connectivity index (χ1) is 13.3. The van der Waals surface area contributed by atoms with Gasteiger partial charge >= 0.3 is 5.97 Å². The lowest BCUT2D eigenvalue weighted by molar-refractivity contribution is -0.136. The summed E-state index contributed by atoms with van der Waals surface area (Å²) in [5.41, 5.74) is 1.29. The summed E-state index contributed by atoms with van der Waals surface area (Å²) in [6.07, 6.45) is 0. The van der Waals surface area contributed by atoms with Gasteiger partial charge in [0.1, 0.15) is 17.1 Å². The Hall–Kier alpha value is -3.55. The van der Waals surface area contributed by atoms with Crippen LogP contribution < -0.4 is 10.1 Å². The number of amides is 2. The van der Waals surface area contributed by atoms with Crippen molar-refractivity contribution in [3.8, 4) is 11.5 Å². The molecule has 0 unspecified atom stereocenters. The number of likely N-dealkylation sites (N-methyl/N-ethyl adjacent to an activating group) is 1. The molecule has 28 heavy (non-hydrogen) atoms. The molecule has 0 heterocycles. The van der Waals surface area contributed by atoms with E-state index in [0.717, 1.165) is 10.5 Å². The van der Waals surface area contributed by atoms with Crippen molar-refractivity contribution >= 4 is 23.5 Å². The van der Waals surface area contributed by atoms with Crippen molar-refractivity contribution in [2.45, 2.75) is 6.92 Å². The van der Waals surface area contributed by atoms with E-state index in [1.54, 1.807) is 37.3 Å². The topological polar surface area (TPSA) is 105 Å². The van der Waals surface area contributed by atoms with Gasteiger partial charge < -0.3 is 24.8 Å². The summed E-state index contributed by atoms with van der Waals surface area (Å²) in [6.45, 7) is 1.00. The lowest BCUT2D eigenvalue weighted by Gasteiger charge is -2.17. The van der Waals surface area contributed by atoms with E-state index >= 15 is 0 Å². The van der Waals surface area contributed by atoms with E-state index in [9.17, 15) is 19.5 Å². The van der Waals surface area contributed by atoms with E-state index in [-0.39, 0.29) is 17.9 Å². The van der Waals surface area contributed by atoms with Crippen molar-refractivity contribution in [3.05, 3.63) is 53.6 Å². The molecule has 0 spiro atoms. The van der Waals surface area contributed by atoms with Crippen LogP contribution in [-0.2, 0) is 14.3 Å². The number of anilines is 1. The van der Waals surface area contributed by atoms with Gasteiger partial charge in [-0.05, 0) is 36.8 Å². The molecule has 0 saturated carbocycles. The minimum absolute atomic E-state index is 0.0307. The number of esters is 1. The van der Waals surface area contributed by atoms with E-state index in [4.69, 9.17) is 9.47 Å². The van der Waals surface area contributed by atoms with Crippen LogP contribution in [0.3, 0.4) is 0 Å². The fourth-order valence-electron chi connectivity index (χ4n) is 2.33. The number of hydrogen-bond donors (Lipinski definition) is 2. The van der Waals surface area contributed by atoms with E-state index in [0.29, 0.717) is 11.4 Å². The number of rotatable bonds is 7. The average molecular weight is 386 g/mol.